The van der Waals surface area contributed by atoms with Gasteiger partial charge in [0.05, 0.1) is 27.0 Å². The summed E-state index contributed by atoms with van der Waals surface area (Å²) in [4.78, 5) is 15.3. The number of likely N-dealkylation sites (tertiary alicyclic amines) is 1. The summed E-state index contributed by atoms with van der Waals surface area (Å²) in [7, 11) is 4.66. The molecule has 0 aromatic heterocycles. The van der Waals surface area contributed by atoms with Crippen LogP contribution in [0.25, 0.3) is 0 Å². The van der Waals surface area contributed by atoms with Crippen molar-refractivity contribution in [2.45, 2.75) is 44.2 Å². The molecule has 1 saturated heterocycles. The van der Waals surface area contributed by atoms with E-state index in [0.29, 0.717) is 34.9 Å². The van der Waals surface area contributed by atoms with E-state index in [1.807, 2.05) is 12.1 Å². The Hall–Kier alpha value is -2.64. The minimum atomic E-state index is -0.221. The maximum absolute atomic E-state index is 12.7. The van der Waals surface area contributed by atoms with Gasteiger partial charge in [0.2, 0.25) is 5.75 Å². The van der Waals surface area contributed by atoms with Crippen molar-refractivity contribution in [1.82, 2.24) is 10.2 Å². The van der Waals surface area contributed by atoms with E-state index in [1.165, 1.54) is 18.4 Å². The summed E-state index contributed by atoms with van der Waals surface area (Å²) < 4.78 is 16.1. The summed E-state index contributed by atoms with van der Waals surface area (Å²) in [5.41, 5.74) is 1.94. The monoisotopic (exact) mass is 487 g/mol. The molecule has 1 saturated carbocycles. The van der Waals surface area contributed by atoms with Gasteiger partial charge in [-0.2, -0.15) is 0 Å². The Morgan fingerprint density at radius 1 is 0.971 bits per heavy atom. The van der Waals surface area contributed by atoms with Crippen molar-refractivity contribution in [3.05, 3.63) is 47.0 Å². The minimum Gasteiger partial charge on any atom is -0.493 e. The molecule has 1 aliphatic heterocycles. The largest absolute Gasteiger partial charge is 0.493 e. The number of piperidine rings is 1. The van der Waals surface area contributed by atoms with Gasteiger partial charge in [-0.15, -0.1) is 0 Å². The number of carbonyl (C=O) groups is 1. The molecule has 0 radical (unpaired) electrons. The lowest BCUT2D eigenvalue weighted by molar-refractivity contribution is 0.0581. The Bertz CT molecular complexity index is 952. The number of benzene rings is 2. The number of carbonyl (C=O) groups excluding carboxylic acids is 1. The lowest BCUT2D eigenvalue weighted by Crippen LogP contribution is -2.60. The number of anilines is 1. The lowest BCUT2D eigenvalue weighted by Gasteiger charge is -2.47. The molecule has 2 aromatic rings. The van der Waals surface area contributed by atoms with E-state index in [2.05, 4.69) is 27.7 Å². The zero-order valence-electron chi connectivity index (χ0n) is 20.1. The van der Waals surface area contributed by atoms with Crippen LogP contribution in [0, 0.1) is 5.92 Å². The number of amides is 2. The number of nitrogens with one attached hydrogen (secondary N) is 2. The van der Waals surface area contributed by atoms with Gasteiger partial charge in [0, 0.05) is 29.2 Å². The standard InChI is InChI=1S/C26H34ClN3O4/c1-32-23-15-20(16-24(33-2)25(23)34-3)28-26(31)29-21-8-9-22(21)30-12-10-18(11-13-30)14-17-4-6-19(27)7-5-17/h4-7,15-16,18,21-22H,8-14H2,1-3H3,(H2,28,29,31)/t21-,22+/m1/s1. The van der Waals surface area contributed by atoms with Gasteiger partial charge in [-0.1, -0.05) is 23.7 Å². The third-order valence-corrected chi connectivity index (χ3v) is 7.28. The van der Waals surface area contributed by atoms with E-state index < -0.39 is 0 Å². The Morgan fingerprint density at radius 3 is 2.15 bits per heavy atom. The fraction of sp³-hybridized carbons (Fsp3) is 0.500. The summed E-state index contributed by atoms with van der Waals surface area (Å²) in [6.45, 7) is 2.16. The third kappa shape index (κ3) is 5.70. The number of ether oxygens (including phenoxy) is 3. The molecular weight excluding hydrogens is 454 g/mol. The number of halogens is 1. The molecule has 2 fully saturated rings. The highest BCUT2D eigenvalue weighted by atomic mass is 35.5. The van der Waals surface area contributed by atoms with Crippen LogP contribution in [0.5, 0.6) is 17.2 Å². The van der Waals surface area contributed by atoms with Crippen LogP contribution in [-0.4, -0.2) is 57.4 Å². The Balaban J connectivity index is 1.27. The molecule has 4 rings (SSSR count). The van der Waals surface area contributed by atoms with Crippen molar-refractivity contribution in [3.8, 4) is 17.2 Å². The zero-order chi connectivity index (χ0) is 24.1. The Kier molecular flexibility index (Phi) is 8.06. The summed E-state index contributed by atoms with van der Waals surface area (Å²) in [6.07, 6.45) is 5.59. The van der Waals surface area contributed by atoms with E-state index in [9.17, 15) is 4.79 Å². The second kappa shape index (κ2) is 11.2. The number of methoxy groups -OCH3 is 3. The van der Waals surface area contributed by atoms with Crippen LogP contribution in [0.2, 0.25) is 5.02 Å². The first-order chi connectivity index (χ1) is 16.5. The number of urea groups is 1. The van der Waals surface area contributed by atoms with Crippen LogP contribution < -0.4 is 24.8 Å². The molecule has 1 heterocycles. The average Bonchev–Trinajstić information content (AvgIpc) is 2.83. The highest BCUT2D eigenvalue weighted by Crippen LogP contribution is 2.40. The maximum atomic E-state index is 12.7. The van der Waals surface area contributed by atoms with Gasteiger partial charge in [-0.25, -0.2) is 4.79 Å². The molecule has 0 spiro atoms. The van der Waals surface area contributed by atoms with Crippen molar-refractivity contribution >= 4 is 23.3 Å². The van der Waals surface area contributed by atoms with Gasteiger partial charge in [0.1, 0.15) is 0 Å². The van der Waals surface area contributed by atoms with Crippen molar-refractivity contribution in [2.24, 2.45) is 5.92 Å². The van der Waals surface area contributed by atoms with Crippen LogP contribution in [0.3, 0.4) is 0 Å². The fourth-order valence-corrected chi connectivity index (χ4v) is 5.15. The van der Waals surface area contributed by atoms with Gasteiger partial charge in [0.15, 0.2) is 11.5 Å². The summed E-state index contributed by atoms with van der Waals surface area (Å²) in [5.74, 6) is 2.20. The van der Waals surface area contributed by atoms with Gasteiger partial charge >= 0.3 is 6.03 Å². The van der Waals surface area contributed by atoms with E-state index >= 15 is 0 Å². The quantitative estimate of drug-likeness (QED) is 0.550. The van der Waals surface area contributed by atoms with Gasteiger partial charge < -0.3 is 24.8 Å². The number of hydrogen-bond donors (Lipinski definition) is 2. The number of rotatable bonds is 8. The second-order valence-electron chi connectivity index (χ2n) is 9.07. The Morgan fingerprint density at radius 2 is 1.62 bits per heavy atom. The van der Waals surface area contributed by atoms with Crippen molar-refractivity contribution in [2.75, 3.05) is 39.7 Å². The van der Waals surface area contributed by atoms with Crippen LogP contribution in [-0.2, 0) is 6.42 Å². The van der Waals surface area contributed by atoms with E-state index in [-0.39, 0.29) is 12.1 Å². The van der Waals surface area contributed by atoms with E-state index in [4.69, 9.17) is 25.8 Å². The maximum Gasteiger partial charge on any atom is 0.319 e. The molecule has 2 atom stereocenters. The zero-order valence-corrected chi connectivity index (χ0v) is 20.9. The second-order valence-corrected chi connectivity index (χ2v) is 9.51. The first-order valence-electron chi connectivity index (χ1n) is 11.9. The lowest BCUT2D eigenvalue weighted by atomic mass is 9.82. The fourth-order valence-electron chi connectivity index (χ4n) is 5.02. The topological polar surface area (TPSA) is 72.1 Å². The predicted molar refractivity (Wildman–Crippen MR) is 135 cm³/mol. The van der Waals surface area contributed by atoms with Crippen LogP contribution in [0.1, 0.15) is 31.2 Å². The molecule has 8 heteroatoms. The molecule has 0 bridgehead atoms. The van der Waals surface area contributed by atoms with Crippen LogP contribution >= 0.6 is 11.6 Å². The van der Waals surface area contributed by atoms with Gasteiger partial charge in [-0.05, 0) is 68.8 Å². The molecule has 2 N–H and O–H groups in total. The molecule has 184 valence electrons. The van der Waals surface area contributed by atoms with Crippen molar-refractivity contribution in [3.63, 3.8) is 0 Å². The van der Waals surface area contributed by atoms with Crippen molar-refractivity contribution in [1.29, 1.82) is 0 Å². The third-order valence-electron chi connectivity index (χ3n) is 7.03. The molecule has 0 unspecified atom stereocenters. The van der Waals surface area contributed by atoms with Crippen LogP contribution in [0.4, 0.5) is 10.5 Å². The summed E-state index contributed by atoms with van der Waals surface area (Å²) in [5, 5.41) is 6.85. The molecule has 7 nitrogen and oxygen atoms in total. The van der Waals surface area contributed by atoms with Gasteiger partial charge in [0.25, 0.3) is 0 Å². The molecule has 1 aliphatic carbocycles. The highest BCUT2D eigenvalue weighted by Gasteiger charge is 2.38. The van der Waals surface area contributed by atoms with Crippen molar-refractivity contribution < 1.29 is 19.0 Å². The smallest absolute Gasteiger partial charge is 0.319 e. The SMILES string of the molecule is COc1cc(NC(=O)N[C@@H]2CC[C@@H]2N2CCC(Cc3ccc(Cl)cc3)CC2)cc(OC)c1OC. The molecule has 34 heavy (non-hydrogen) atoms. The average molecular weight is 488 g/mol. The number of hydrogen-bond acceptors (Lipinski definition) is 5. The first-order valence-corrected chi connectivity index (χ1v) is 12.2. The predicted octanol–water partition coefficient (Wildman–Crippen LogP) is 4.97. The molecular formula is C26H34ClN3O4. The number of nitrogens with zero attached hydrogens (tertiary/aromatic N) is 1. The summed E-state index contributed by atoms with van der Waals surface area (Å²) in [6, 6.07) is 12.0. The normalized spacial score (nSPS) is 20.8. The molecule has 2 amide bonds. The first kappa shape index (κ1) is 24.5. The van der Waals surface area contributed by atoms with E-state index in [1.54, 1.807) is 33.5 Å². The summed E-state index contributed by atoms with van der Waals surface area (Å²) >= 11 is 6.01. The minimum absolute atomic E-state index is 0.162. The Labute approximate surface area is 206 Å². The van der Waals surface area contributed by atoms with E-state index in [0.717, 1.165) is 37.4 Å². The van der Waals surface area contributed by atoms with Gasteiger partial charge in [-0.3, -0.25) is 4.90 Å². The molecule has 2 aliphatic rings. The highest BCUT2D eigenvalue weighted by molar-refractivity contribution is 6.30. The molecule has 2 aromatic carbocycles. The van der Waals surface area contributed by atoms with Crippen LogP contribution in [0.15, 0.2) is 36.4 Å².